The molecule has 20 heavy (non-hydrogen) atoms. The predicted octanol–water partition coefficient (Wildman–Crippen LogP) is 1.95. The van der Waals surface area contributed by atoms with E-state index in [0.29, 0.717) is 16.9 Å². The third kappa shape index (κ3) is 3.44. The second-order valence-corrected chi connectivity index (χ2v) is 4.22. The minimum absolute atomic E-state index is 0.228. The van der Waals surface area contributed by atoms with E-state index in [-0.39, 0.29) is 12.5 Å². The maximum atomic E-state index is 12.3. The van der Waals surface area contributed by atoms with E-state index in [1.165, 1.54) is 0 Å². The molecule has 1 aromatic carbocycles. The van der Waals surface area contributed by atoms with Crippen molar-refractivity contribution in [1.29, 1.82) is 0 Å². The van der Waals surface area contributed by atoms with E-state index in [4.69, 9.17) is 5.73 Å². The molecule has 4 nitrogen and oxygen atoms in total. The third-order valence-corrected chi connectivity index (χ3v) is 2.65. The maximum absolute atomic E-state index is 12.3. The van der Waals surface area contributed by atoms with Crippen LogP contribution < -0.4 is 11.1 Å². The van der Waals surface area contributed by atoms with Crippen molar-refractivity contribution in [1.82, 2.24) is 4.98 Å². The second kappa shape index (κ2) is 6.50. The van der Waals surface area contributed by atoms with Crippen LogP contribution in [-0.2, 0) is 0 Å². The molecule has 0 aliphatic heterocycles. The maximum Gasteiger partial charge on any atom is 0.258 e. The first-order valence-corrected chi connectivity index (χ1v) is 6.22. The van der Waals surface area contributed by atoms with Gasteiger partial charge >= 0.3 is 0 Å². The first-order valence-electron chi connectivity index (χ1n) is 6.22. The lowest BCUT2D eigenvalue weighted by Gasteiger charge is -2.07. The standard InChI is InChI=1S/C16H15N3O/c1-12-7-8-13(5-4-9-17)14(11-12)16(20)19-15-6-2-3-10-18-15/h2-3,6-8,10-11H,9,17H2,1H3,(H,18,19,20). The number of carbonyl (C=O) groups excluding carboxylic acids is 1. The minimum atomic E-state index is -0.228. The lowest BCUT2D eigenvalue weighted by molar-refractivity contribution is 0.102. The molecule has 0 radical (unpaired) electrons. The van der Waals surface area contributed by atoms with Gasteiger partial charge in [-0.15, -0.1) is 0 Å². The largest absolute Gasteiger partial charge is 0.320 e. The average molecular weight is 265 g/mol. The topological polar surface area (TPSA) is 68.0 Å². The summed E-state index contributed by atoms with van der Waals surface area (Å²) in [4.78, 5) is 16.4. The summed E-state index contributed by atoms with van der Waals surface area (Å²) in [6.07, 6.45) is 1.63. The fraction of sp³-hybridized carbons (Fsp3) is 0.125. The lowest BCUT2D eigenvalue weighted by Crippen LogP contribution is -2.14. The molecular formula is C16H15N3O. The van der Waals surface area contributed by atoms with Crippen molar-refractivity contribution in [2.75, 3.05) is 11.9 Å². The van der Waals surface area contributed by atoms with Crippen molar-refractivity contribution < 1.29 is 4.79 Å². The van der Waals surface area contributed by atoms with Gasteiger partial charge in [0.15, 0.2) is 0 Å². The molecule has 0 unspecified atom stereocenters. The van der Waals surface area contributed by atoms with Gasteiger partial charge in [0.1, 0.15) is 5.82 Å². The van der Waals surface area contributed by atoms with Crippen LogP contribution in [0.2, 0.25) is 0 Å². The van der Waals surface area contributed by atoms with Crippen LogP contribution in [0.1, 0.15) is 21.5 Å². The summed E-state index contributed by atoms with van der Waals surface area (Å²) in [5, 5.41) is 2.75. The lowest BCUT2D eigenvalue weighted by atomic mass is 10.0. The molecule has 0 fully saturated rings. The molecule has 0 spiro atoms. The van der Waals surface area contributed by atoms with E-state index >= 15 is 0 Å². The number of aryl methyl sites for hydroxylation is 1. The summed E-state index contributed by atoms with van der Waals surface area (Å²) in [6.45, 7) is 2.19. The summed E-state index contributed by atoms with van der Waals surface area (Å²) in [6, 6.07) is 10.9. The Morgan fingerprint density at radius 3 is 2.90 bits per heavy atom. The SMILES string of the molecule is Cc1ccc(C#CCN)c(C(=O)Nc2ccccn2)c1. The van der Waals surface area contributed by atoms with Crippen LogP contribution in [0.25, 0.3) is 0 Å². The van der Waals surface area contributed by atoms with Gasteiger partial charge in [-0.25, -0.2) is 4.98 Å². The van der Waals surface area contributed by atoms with Crippen molar-refractivity contribution in [3.8, 4) is 11.8 Å². The predicted molar refractivity (Wildman–Crippen MR) is 79.3 cm³/mol. The van der Waals surface area contributed by atoms with Gasteiger partial charge in [-0.05, 0) is 31.2 Å². The Hall–Kier alpha value is -2.64. The zero-order chi connectivity index (χ0) is 14.4. The number of hydrogen-bond acceptors (Lipinski definition) is 3. The number of hydrogen-bond donors (Lipinski definition) is 2. The molecule has 0 bridgehead atoms. The Morgan fingerprint density at radius 2 is 2.20 bits per heavy atom. The van der Waals surface area contributed by atoms with Crippen molar-refractivity contribution in [2.45, 2.75) is 6.92 Å². The van der Waals surface area contributed by atoms with Gasteiger partial charge in [0, 0.05) is 11.8 Å². The second-order valence-electron chi connectivity index (χ2n) is 4.22. The van der Waals surface area contributed by atoms with E-state index in [9.17, 15) is 4.79 Å². The molecular weight excluding hydrogens is 250 g/mol. The third-order valence-electron chi connectivity index (χ3n) is 2.65. The molecule has 0 saturated heterocycles. The van der Waals surface area contributed by atoms with Crippen LogP contribution in [0, 0.1) is 18.8 Å². The van der Waals surface area contributed by atoms with Gasteiger partial charge in [0.25, 0.3) is 5.91 Å². The average Bonchev–Trinajstić information content (AvgIpc) is 2.47. The van der Waals surface area contributed by atoms with Gasteiger partial charge < -0.3 is 11.1 Å². The number of anilines is 1. The number of nitrogens with two attached hydrogens (primary N) is 1. The van der Waals surface area contributed by atoms with Gasteiger partial charge in [-0.1, -0.05) is 29.5 Å². The van der Waals surface area contributed by atoms with Crippen molar-refractivity contribution in [2.24, 2.45) is 5.73 Å². The van der Waals surface area contributed by atoms with E-state index < -0.39 is 0 Å². The van der Waals surface area contributed by atoms with Gasteiger partial charge in [0.2, 0.25) is 0 Å². The quantitative estimate of drug-likeness (QED) is 0.815. The molecule has 1 heterocycles. The van der Waals surface area contributed by atoms with Crippen LogP contribution in [0.4, 0.5) is 5.82 Å². The molecule has 2 rings (SSSR count). The van der Waals surface area contributed by atoms with Gasteiger partial charge in [0.05, 0.1) is 12.1 Å². The normalized spacial score (nSPS) is 9.50. The number of nitrogens with zero attached hydrogens (tertiary/aromatic N) is 1. The minimum Gasteiger partial charge on any atom is -0.320 e. The van der Waals surface area contributed by atoms with Crippen LogP contribution in [0.15, 0.2) is 42.6 Å². The molecule has 1 aromatic heterocycles. The van der Waals surface area contributed by atoms with E-state index in [1.54, 1.807) is 24.4 Å². The van der Waals surface area contributed by atoms with E-state index in [2.05, 4.69) is 22.1 Å². The van der Waals surface area contributed by atoms with Crippen molar-refractivity contribution >= 4 is 11.7 Å². The van der Waals surface area contributed by atoms with Crippen molar-refractivity contribution in [3.05, 3.63) is 59.3 Å². The van der Waals surface area contributed by atoms with Crippen LogP contribution in [0.3, 0.4) is 0 Å². The van der Waals surface area contributed by atoms with E-state index in [1.807, 2.05) is 25.1 Å². The van der Waals surface area contributed by atoms with Crippen LogP contribution in [0.5, 0.6) is 0 Å². The first-order chi connectivity index (χ1) is 9.70. The van der Waals surface area contributed by atoms with Gasteiger partial charge in [-0.3, -0.25) is 4.79 Å². The highest BCUT2D eigenvalue weighted by Crippen LogP contribution is 2.13. The molecule has 0 aliphatic carbocycles. The summed E-state index contributed by atoms with van der Waals surface area (Å²) in [5.41, 5.74) is 7.55. The molecule has 0 atom stereocenters. The molecule has 2 aromatic rings. The monoisotopic (exact) mass is 265 g/mol. The van der Waals surface area contributed by atoms with E-state index in [0.717, 1.165) is 5.56 Å². The molecule has 0 aliphatic rings. The summed E-state index contributed by atoms with van der Waals surface area (Å²) >= 11 is 0. The number of carbonyl (C=O) groups is 1. The van der Waals surface area contributed by atoms with Gasteiger partial charge in [-0.2, -0.15) is 0 Å². The number of amides is 1. The number of benzene rings is 1. The Labute approximate surface area is 118 Å². The van der Waals surface area contributed by atoms with Crippen molar-refractivity contribution in [3.63, 3.8) is 0 Å². The summed E-state index contributed by atoms with van der Waals surface area (Å²) < 4.78 is 0. The molecule has 100 valence electrons. The Morgan fingerprint density at radius 1 is 1.35 bits per heavy atom. The zero-order valence-corrected chi connectivity index (χ0v) is 11.2. The number of pyridine rings is 1. The highest BCUT2D eigenvalue weighted by Gasteiger charge is 2.11. The Balaban J connectivity index is 2.31. The smallest absolute Gasteiger partial charge is 0.258 e. The number of nitrogens with one attached hydrogen (secondary N) is 1. The Kier molecular flexibility index (Phi) is 4.48. The molecule has 4 heteroatoms. The fourth-order valence-electron chi connectivity index (χ4n) is 1.72. The zero-order valence-electron chi connectivity index (χ0n) is 11.2. The highest BCUT2D eigenvalue weighted by molar-refractivity contribution is 6.05. The number of aromatic nitrogens is 1. The molecule has 3 N–H and O–H groups in total. The first kappa shape index (κ1) is 13.8. The molecule has 1 amide bonds. The summed E-state index contributed by atoms with van der Waals surface area (Å²) in [7, 11) is 0. The highest BCUT2D eigenvalue weighted by atomic mass is 16.1. The number of rotatable bonds is 2. The van der Waals surface area contributed by atoms with Crippen LogP contribution >= 0.6 is 0 Å². The molecule has 0 saturated carbocycles. The fourth-order valence-corrected chi connectivity index (χ4v) is 1.72. The Bertz CT molecular complexity index is 669. The van der Waals surface area contributed by atoms with Crippen LogP contribution in [-0.4, -0.2) is 17.4 Å². The summed E-state index contributed by atoms with van der Waals surface area (Å²) in [5.74, 6) is 5.96.